The number of hydrogen-bond donors (Lipinski definition) is 0. The van der Waals surface area contributed by atoms with Gasteiger partial charge in [-0.15, -0.1) is 5.10 Å². The molecule has 1 aromatic carbocycles. The minimum absolute atomic E-state index is 0.00562. The molecule has 1 aliphatic rings. The molecule has 0 spiro atoms. The van der Waals surface area contributed by atoms with Crippen LogP contribution in [0.3, 0.4) is 0 Å². The first-order valence-electron chi connectivity index (χ1n) is 8.74. The third-order valence-electron chi connectivity index (χ3n) is 4.16. The van der Waals surface area contributed by atoms with Gasteiger partial charge in [0.1, 0.15) is 12.4 Å². The van der Waals surface area contributed by atoms with E-state index in [0.717, 1.165) is 29.7 Å². The molecule has 0 N–H and O–H groups in total. The largest absolute Gasteiger partial charge is 0.492 e. The number of nitrogens with zero attached hydrogens (tertiary/aromatic N) is 5. The molecule has 1 atom stereocenters. The lowest BCUT2D eigenvalue weighted by atomic mass is 10.2. The number of rotatable bonds is 9. The van der Waals surface area contributed by atoms with Gasteiger partial charge in [0.2, 0.25) is 11.1 Å². The number of halogens is 1. The Morgan fingerprint density at radius 3 is 3.00 bits per heavy atom. The molecule has 1 aliphatic heterocycles. The SMILES string of the molecule is CN(CCOc1ccc(Br)cc1)C(=O)CSc1nnnn1C[C@@H]1CCCO1. The summed E-state index contributed by atoms with van der Waals surface area (Å²) in [6.07, 6.45) is 2.24. The van der Waals surface area contributed by atoms with E-state index in [9.17, 15) is 4.79 Å². The van der Waals surface area contributed by atoms with Crippen molar-refractivity contribution >= 4 is 33.6 Å². The summed E-state index contributed by atoms with van der Waals surface area (Å²) < 4.78 is 14.0. The molecule has 1 amide bonds. The van der Waals surface area contributed by atoms with Crippen molar-refractivity contribution in [2.24, 2.45) is 0 Å². The van der Waals surface area contributed by atoms with Crippen molar-refractivity contribution in [3.8, 4) is 5.75 Å². The van der Waals surface area contributed by atoms with Crippen molar-refractivity contribution in [3.63, 3.8) is 0 Å². The van der Waals surface area contributed by atoms with Crippen LogP contribution >= 0.6 is 27.7 Å². The zero-order valence-corrected chi connectivity index (χ0v) is 17.5. The molecule has 0 radical (unpaired) electrons. The summed E-state index contributed by atoms with van der Waals surface area (Å²) >= 11 is 4.72. The molecule has 1 saturated heterocycles. The first-order chi connectivity index (χ1) is 13.1. The Hall–Kier alpha value is -1.65. The maximum atomic E-state index is 12.3. The number of tetrazole rings is 1. The van der Waals surface area contributed by atoms with Crippen LogP contribution < -0.4 is 4.74 Å². The van der Waals surface area contributed by atoms with Gasteiger partial charge in [-0.25, -0.2) is 4.68 Å². The zero-order valence-electron chi connectivity index (χ0n) is 15.1. The third kappa shape index (κ3) is 6.18. The topological polar surface area (TPSA) is 82.4 Å². The molecule has 10 heteroatoms. The fraction of sp³-hybridized carbons (Fsp3) is 0.529. The Labute approximate surface area is 170 Å². The van der Waals surface area contributed by atoms with Gasteiger partial charge in [0.15, 0.2) is 0 Å². The van der Waals surface area contributed by atoms with Crippen molar-refractivity contribution in [2.75, 3.05) is 32.6 Å². The minimum atomic E-state index is 0.00562. The smallest absolute Gasteiger partial charge is 0.232 e. The molecule has 0 saturated carbocycles. The lowest BCUT2D eigenvalue weighted by Gasteiger charge is -2.17. The van der Waals surface area contributed by atoms with E-state index in [4.69, 9.17) is 9.47 Å². The highest BCUT2D eigenvalue weighted by Gasteiger charge is 2.19. The van der Waals surface area contributed by atoms with Crippen LogP contribution in [0.25, 0.3) is 0 Å². The standard InChI is InChI=1S/C17H22BrN5O3S/c1-22(8-10-26-14-6-4-13(18)5-7-14)16(24)12-27-17-19-20-21-23(17)11-15-3-2-9-25-15/h4-7,15H,2-3,8-12H2,1H3/t15-/m0/s1. The number of carbonyl (C=O) groups is 1. The van der Waals surface area contributed by atoms with Crippen LogP contribution in [-0.2, 0) is 16.1 Å². The maximum absolute atomic E-state index is 12.3. The van der Waals surface area contributed by atoms with Crippen LogP contribution in [0.15, 0.2) is 33.9 Å². The van der Waals surface area contributed by atoms with E-state index in [0.29, 0.717) is 24.9 Å². The van der Waals surface area contributed by atoms with E-state index < -0.39 is 0 Å². The van der Waals surface area contributed by atoms with Crippen LogP contribution in [0.5, 0.6) is 5.75 Å². The lowest BCUT2D eigenvalue weighted by molar-refractivity contribution is -0.127. The normalized spacial score (nSPS) is 16.4. The molecule has 3 rings (SSSR count). The predicted octanol–water partition coefficient (Wildman–Crippen LogP) is 2.24. The molecule has 146 valence electrons. The second-order valence-corrected chi connectivity index (χ2v) is 8.04. The molecule has 1 aromatic heterocycles. The lowest BCUT2D eigenvalue weighted by Crippen LogP contribution is -2.32. The Morgan fingerprint density at radius 2 is 2.26 bits per heavy atom. The van der Waals surface area contributed by atoms with E-state index in [2.05, 4.69) is 31.5 Å². The second kappa shape index (κ2) is 10.0. The highest BCUT2D eigenvalue weighted by atomic mass is 79.9. The number of hydrogen-bond acceptors (Lipinski definition) is 7. The number of thioether (sulfide) groups is 1. The Morgan fingerprint density at radius 1 is 1.44 bits per heavy atom. The molecule has 8 nitrogen and oxygen atoms in total. The van der Waals surface area contributed by atoms with E-state index >= 15 is 0 Å². The van der Waals surface area contributed by atoms with Gasteiger partial charge in [-0.2, -0.15) is 0 Å². The van der Waals surface area contributed by atoms with Crippen molar-refractivity contribution < 1.29 is 14.3 Å². The van der Waals surface area contributed by atoms with Gasteiger partial charge in [0, 0.05) is 18.1 Å². The van der Waals surface area contributed by atoms with Gasteiger partial charge in [-0.05, 0) is 47.5 Å². The Bertz CT molecular complexity index is 736. The molecule has 1 fully saturated rings. The average molecular weight is 456 g/mol. The molecule has 0 bridgehead atoms. The fourth-order valence-corrected chi connectivity index (χ4v) is 3.68. The van der Waals surface area contributed by atoms with Gasteiger partial charge in [0.25, 0.3) is 0 Å². The Kier molecular flexibility index (Phi) is 7.48. The highest BCUT2D eigenvalue weighted by molar-refractivity contribution is 9.10. The average Bonchev–Trinajstić information content (AvgIpc) is 3.33. The van der Waals surface area contributed by atoms with Crippen molar-refractivity contribution in [3.05, 3.63) is 28.7 Å². The zero-order chi connectivity index (χ0) is 19.1. The number of likely N-dealkylation sites (N-methyl/N-ethyl adjacent to an activating group) is 1. The summed E-state index contributed by atoms with van der Waals surface area (Å²) in [5, 5.41) is 12.4. The van der Waals surface area contributed by atoms with Gasteiger partial charge in [-0.3, -0.25) is 4.79 Å². The van der Waals surface area contributed by atoms with E-state index in [1.54, 1.807) is 16.6 Å². The quantitative estimate of drug-likeness (QED) is 0.536. The molecule has 2 aromatic rings. The van der Waals surface area contributed by atoms with Crippen LogP contribution in [0, 0.1) is 0 Å². The van der Waals surface area contributed by atoms with Gasteiger partial charge in [0.05, 0.1) is 24.9 Å². The minimum Gasteiger partial charge on any atom is -0.492 e. The van der Waals surface area contributed by atoms with Crippen LogP contribution in [0.2, 0.25) is 0 Å². The summed E-state index contributed by atoms with van der Waals surface area (Å²) in [5.74, 6) is 1.06. The van der Waals surface area contributed by atoms with Gasteiger partial charge in [-0.1, -0.05) is 27.7 Å². The summed E-state index contributed by atoms with van der Waals surface area (Å²) in [5.41, 5.74) is 0. The summed E-state index contributed by atoms with van der Waals surface area (Å²) in [7, 11) is 1.77. The van der Waals surface area contributed by atoms with Crippen molar-refractivity contribution in [2.45, 2.75) is 30.6 Å². The number of carbonyl (C=O) groups excluding carboxylic acids is 1. The van der Waals surface area contributed by atoms with Gasteiger partial charge < -0.3 is 14.4 Å². The second-order valence-electron chi connectivity index (χ2n) is 6.18. The van der Waals surface area contributed by atoms with Gasteiger partial charge >= 0.3 is 0 Å². The van der Waals surface area contributed by atoms with Crippen LogP contribution in [0.4, 0.5) is 0 Å². The van der Waals surface area contributed by atoms with E-state index in [1.807, 2.05) is 24.3 Å². The first-order valence-corrected chi connectivity index (χ1v) is 10.5. The molecule has 0 unspecified atom stereocenters. The molecule has 2 heterocycles. The summed E-state index contributed by atoms with van der Waals surface area (Å²) in [6, 6.07) is 7.61. The highest BCUT2D eigenvalue weighted by Crippen LogP contribution is 2.19. The fourth-order valence-electron chi connectivity index (χ4n) is 2.59. The van der Waals surface area contributed by atoms with Crippen LogP contribution in [-0.4, -0.2) is 69.7 Å². The van der Waals surface area contributed by atoms with Crippen molar-refractivity contribution in [1.82, 2.24) is 25.1 Å². The molecule has 27 heavy (non-hydrogen) atoms. The Balaban J connectivity index is 1.39. The maximum Gasteiger partial charge on any atom is 0.232 e. The monoisotopic (exact) mass is 455 g/mol. The molecular weight excluding hydrogens is 434 g/mol. The summed E-state index contributed by atoms with van der Waals surface area (Å²) in [4.78, 5) is 14.0. The molecular formula is C17H22BrN5O3S. The van der Waals surface area contributed by atoms with Crippen molar-refractivity contribution in [1.29, 1.82) is 0 Å². The number of ether oxygens (including phenoxy) is 2. The first kappa shape index (κ1) is 20.1. The van der Waals surface area contributed by atoms with Crippen LogP contribution in [0.1, 0.15) is 12.8 Å². The number of amides is 1. The van der Waals surface area contributed by atoms with E-state index in [-0.39, 0.29) is 17.8 Å². The third-order valence-corrected chi connectivity index (χ3v) is 5.63. The molecule has 0 aliphatic carbocycles. The number of aromatic nitrogens is 4. The predicted molar refractivity (Wildman–Crippen MR) is 105 cm³/mol. The van der Waals surface area contributed by atoms with E-state index in [1.165, 1.54) is 11.8 Å². The number of benzene rings is 1. The summed E-state index contributed by atoms with van der Waals surface area (Å²) in [6.45, 7) is 2.36.